The molecule has 0 radical (unpaired) electrons. The Hall–Kier alpha value is -1.05. The van der Waals surface area contributed by atoms with Crippen molar-refractivity contribution in [2.24, 2.45) is 0 Å². The minimum absolute atomic E-state index is 0.301. The molecule has 0 aliphatic rings. The Bertz CT molecular complexity index is 413. The van der Waals surface area contributed by atoms with Crippen LogP contribution in [0.1, 0.15) is 32.3 Å². The van der Waals surface area contributed by atoms with Gasteiger partial charge in [0.2, 0.25) is 0 Å². The Morgan fingerprint density at radius 1 is 1.39 bits per heavy atom. The standard InChI is InChI=1S/C14H19BrN2O/c1-11(2)18-8-4-3-7-17-14-6-5-13(15)9-12(14)10-16/h5-6,9,11,17H,3-4,7-8H2,1-2H3. The second-order valence-corrected chi connectivity index (χ2v) is 5.27. The van der Waals surface area contributed by atoms with Gasteiger partial charge in [0, 0.05) is 17.6 Å². The first-order valence-electron chi connectivity index (χ1n) is 6.18. The number of nitrogens with zero attached hydrogens (tertiary/aromatic N) is 1. The lowest BCUT2D eigenvalue weighted by molar-refractivity contribution is 0.0765. The molecule has 1 rings (SSSR count). The van der Waals surface area contributed by atoms with Gasteiger partial charge in [-0.25, -0.2) is 0 Å². The third-order valence-electron chi connectivity index (χ3n) is 2.44. The normalized spacial score (nSPS) is 10.4. The number of nitriles is 1. The second-order valence-electron chi connectivity index (χ2n) is 4.36. The van der Waals surface area contributed by atoms with Crippen molar-refractivity contribution in [3.63, 3.8) is 0 Å². The highest BCUT2D eigenvalue weighted by Gasteiger charge is 2.01. The quantitative estimate of drug-likeness (QED) is 0.776. The van der Waals surface area contributed by atoms with E-state index in [4.69, 9.17) is 10.00 Å². The first-order valence-corrected chi connectivity index (χ1v) is 6.98. The molecule has 1 aromatic carbocycles. The van der Waals surface area contributed by atoms with E-state index in [-0.39, 0.29) is 0 Å². The zero-order chi connectivity index (χ0) is 13.4. The highest BCUT2D eigenvalue weighted by molar-refractivity contribution is 9.10. The summed E-state index contributed by atoms with van der Waals surface area (Å²) in [7, 11) is 0. The van der Waals surface area contributed by atoms with Gasteiger partial charge in [0.05, 0.1) is 17.4 Å². The summed E-state index contributed by atoms with van der Waals surface area (Å²) in [5.41, 5.74) is 1.56. The van der Waals surface area contributed by atoms with Gasteiger partial charge < -0.3 is 10.1 Å². The van der Waals surface area contributed by atoms with Crippen LogP contribution < -0.4 is 5.32 Å². The first kappa shape index (κ1) is 15.0. The largest absolute Gasteiger partial charge is 0.384 e. The summed E-state index contributed by atoms with van der Waals surface area (Å²) in [4.78, 5) is 0. The molecule has 4 heteroatoms. The topological polar surface area (TPSA) is 45.0 Å². The summed E-state index contributed by atoms with van der Waals surface area (Å²) in [6.45, 7) is 5.74. The van der Waals surface area contributed by atoms with Gasteiger partial charge in [0.25, 0.3) is 0 Å². The summed E-state index contributed by atoms with van der Waals surface area (Å²) in [6.07, 6.45) is 2.37. The lowest BCUT2D eigenvalue weighted by Crippen LogP contribution is -2.07. The van der Waals surface area contributed by atoms with Crippen LogP contribution in [0.2, 0.25) is 0 Å². The first-order chi connectivity index (χ1) is 8.63. The lowest BCUT2D eigenvalue weighted by Gasteiger charge is -2.09. The number of unbranched alkanes of at least 4 members (excludes halogenated alkanes) is 1. The monoisotopic (exact) mass is 310 g/mol. The number of ether oxygens (including phenoxy) is 1. The van der Waals surface area contributed by atoms with E-state index in [1.54, 1.807) is 0 Å². The van der Waals surface area contributed by atoms with Crippen LogP contribution >= 0.6 is 15.9 Å². The average Bonchev–Trinajstić information content (AvgIpc) is 2.34. The number of hydrogen-bond acceptors (Lipinski definition) is 3. The highest BCUT2D eigenvalue weighted by atomic mass is 79.9. The van der Waals surface area contributed by atoms with E-state index >= 15 is 0 Å². The van der Waals surface area contributed by atoms with Crippen molar-refractivity contribution >= 4 is 21.6 Å². The Morgan fingerprint density at radius 2 is 2.17 bits per heavy atom. The highest BCUT2D eigenvalue weighted by Crippen LogP contribution is 2.20. The van der Waals surface area contributed by atoms with Crippen molar-refractivity contribution in [3.05, 3.63) is 28.2 Å². The van der Waals surface area contributed by atoms with E-state index < -0.39 is 0 Å². The van der Waals surface area contributed by atoms with Crippen LogP contribution in [0, 0.1) is 11.3 Å². The number of anilines is 1. The maximum Gasteiger partial charge on any atom is 0.101 e. The van der Waals surface area contributed by atoms with Crippen LogP contribution in [0.3, 0.4) is 0 Å². The molecule has 0 aromatic heterocycles. The molecule has 3 nitrogen and oxygen atoms in total. The van der Waals surface area contributed by atoms with Crippen molar-refractivity contribution in [1.29, 1.82) is 5.26 Å². The molecule has 0 saturated carbocycles. The second kappa shape index (κ2) is 8.12. The number of nitrogens with one attached hydrogen (secondary N) is 1. The van der Waals surface area contributed by atoms with Gasteiger partial charge in [-0.15, -0.1) is 0 Å². The SMILES string of the molecule is CC(C)OCCCCNc1ccc(Br)cc1C#N. The molecule has 0 spiro atoms. The smallest absolute Gasteiger partial charge is 0.101 e. The fourth-order valence-corrected chi connectivity index (χ4v) is 1.89. The fourth-order valence-electron chi connectivity index (χ4n) is 1.53. The lowest BCUT2D eigenvalue weighted by atomic mass is 10.2. The van der Waals surface area contributed by atoms with E-state index in [0.717, 1.165) is 36.2 Å². The third-order valence-corrected chi connectivity index (χ3v) is 2.93. The number of rotatable bonds is 7. The molecule has 18 heavy (non-hydrogen) atoms. The Labute approximate surface area is 117 Å². The third kappa shape index (κ3) is 5.52. The van der Waals surface area contributed by atoms with E-state index in [2.05, 4.69) is 27.3 Å². The molecule has 98 valence electrons. The predicted molar refractivity (Wildman–Crippen MR) is 77.7 cm³/mol. The molecule has 0 saturated heterocycles. The Kier molecular flexibility index (Phi) is 6.77. The van der Waals surface area contributed by atoms with Crippen molar-refractivity contribution in [1.82, 2.24) is 0 Å². The van der Waals surface area contributed by atoms with Gasteiger partial charge in [0.1, 0.15) is 6.07 Å². The van der Waals surface area contributed by atoms with E-state index in [1.807, 2.05) is 32.0 Å². The Balaban J connectivity index is 2.29. The van der Waals surface area contributed by atoms with E-state index in [9.17, 15) is 0 Å². The van der Waals surface area contributed by atoms with Crippen molar-refractivity contribution in [3.8, 4) is 6.07 Å². The van der Waals surface area contributed by atoms with Crippen molar-refractivity contribution in [2.45, 2.75) is 32.8 Å². The van der Waals surface area contributed by atoms with Crippen LogP contribution in [-0.4, -0.2) is 19.3 Å². The predicted octanol–water partition coefficient (Wildman–Crippen LogP) is 3.94. The van der Waals surface area contributed by atoms with Crippen LogP contribution in [0.4, 0.5) is 5.69 Å². The minimum Gasteiger partial charge on any atom is -0.384 e. The van der Waals surface area contributed by atoms with Crippen LogP contribution in [0.25, 0.3) is 0 Å². The molecule has 0 bridgehead atoms. The van der Waals surface area contributed by atoms with Gasteiger partial charge in [-0.2, -0.15) is 5.26 Å². The number of hydrogen-bond donors (Lipinski definition) is 1. The Morgan fingerprint density at radius 3 is 2.83 bits per heavy atom. The van der Waals surface area contributed by atoms with Gasteiger partial charge in [0.15, 0.2) is 0 Å². The maximum absolute atomic E-state index is 9.01. The van der Waals surface area contributed by atoms with Gasteiger partial charge >= 0.3 is 0 Å². The molecule has 0 heterocycles. The van der Waals surface area contributed by atoms with Gasteiger partial charge in [-0.3, -0.25) is 0 Å². The van der Waals surface area contributed by atoms with Crippen LogP contribution in [0.5, 0.6) is 0 Å². The molecular formula is C14H19BrN2O. The summed E-state index contributed by atoms with van der Waals surface area (Å²) < 4.78 is 6.39. The molecule has 1 aromatic rings. The maximum atomic E-state index is 9.01. The van der Waals surface area contributed by atoms with Gasteiger partial charge in [-0.05, 0) is 44.9 Å². The molecule has 0 unspecified atom stereocenters. The molecule has 0 aliphatic heterocycles. The molecule has 0 atom stereocenters. The molecule has 0 amide bonds. The zero-order valence-electron chi connectivity index (χ0n) is 10.9. The van der Waals surface area contributed by atoms with Crippen LogP contribution in [-0.2, 0) is 4.74 Å². The fraction of sp³-hybridized carbons (Fsp3) is 0.500. The van der Waals surface area contributed by atoms with E-state index in [1.165, 1.54) is 0 Å². The van der Waals surface area contributed by atoms with Crippen molar-refractivity contribution < 1.29 is 4.74 Å². The summed E-state index contributed by atoms with van der Waals surface area (Å²) in [6, 6.07) is 7.87. The van der Waals surface area contributed by atoms with Crippen molar-refractivity contribution in [2.75, 3.05) is 18.5 Å². The minimum atomic E-state index is 0.301. The number of benzene rings is 1. The molecular weight excluding hydrogens is 292 g/mol. The van der Waals surface area contributed by atoms with E-state index in [0.29, 0.717) is 11.7 Å². The summed E-state index contributed by atoms with van der Waals surface area (Å²) in [5, 5.41) is 12.3. The molecule has 0 aliphatic carbocycles. The molecule has 1 N–H and O–H groups in total. The van der Waals surface area contributed by atoms with Gasteiger partial charge in [-0.1, -0.05) is 15.9 Å². The van der Waals surface area contributed by atoms with Crippen LogP contribution in [0.15, 0.2) is 22.7 Å². The average molecular weight is 311 g/mol. The molecule has 0 fully saturated rings. The summed E-state index contributed by atoms with van der Waals surface area (Å²) >= 11 is 3.36. The summed E-state index contributed by atoms with van der Waals surface area (Å²) in [5.74, 6) is 0. The zero-order valence-corrected chi connectivity index (χ0v) is 12.5. The number of halogens is 1.